The lowest BCUT2D eigenvalue weighted by Crippen LogP contribution is -2.33. The van der Waals surface area contributed by atoms with E-state index in [1.807, 2.05) is 0 Å². The van der Waals surface area contributed by atoms with Gasteiger partial charge >= 0.3 is 0 Å². The van der Waals surface area contributed by atoms with Crippen LogP contribution in [0, 0.1) is 5.92 Å². The molecule has 2 N–H and O–H groups in total. The van der Waals surface area contributed by atoms with Crippen molar-refractivity contribution in [1.29, 1.82) is 0 Å². The first-order chi connectivity index (χ1) is 11.1. The highest BCUT2D eigenvalue weighted by Gasteiger charge is 2.34. The van der Waals surface area contributed by atoms with Crippen LogP contribution in [0.1, 0.15) is 32.1 Å². The van der Waals surface area contributed by atoms with Crippen LogP contribution in [0.15, 0.2) is 24.3 Å². The maximum absolute atomic E-state index is 12.2. The Bertz CT molecular complexity index is 533. The van der Waals surface area contributed by atoms with Crippen LogP contribution in [0.2, 0.25) is 5.02 Å². The second kappa shape index (κ2) is 8.89. The van der Waals surface area contributed by atoms with E-state index in [4.69, 9.17) is 16.7 Å². The van der Waals surface area contributed by atoms with Crippen molar-refractivity contribution in [2.24, 2.45) is 5.92 Å². The molecule has 1 fully saturated rings. The van der Waals surface area contributed by atoms with E-state index in [1.54, 1.807) is 29.2 Å². The molecule has 5 nitrogen and oxygen atoms in total. The number of aliphatic hydroxyl groups excluding tert-OH is 1. The zero-order valence-electron chi connectivity index (χ0n) is 13.1. The zero-order valence-corrected chi connectivity index (χ0v) is 13.9. The van der Waals surface area contributed by atoms with Crippen LogP contribution in [0.25, 0.3) is 0 Å². The Morgan fingerprint density at radius 1 is 1.22 bits per heavy atom. The summed E-state index contributed by atoms with van der Waals surface area (Å²) < 4.78 is 0. The zero-order chi connectivity index (χ0) is 16.7. The number of nitrogens with one attached hydrogen (secondary N) is 1. The molecule has 1 atom stereocenters. The number of unbranched alkanes of at least 4 members (excludes halogenated alkanes) is 3. The summed E-state index contributed by atoms with van der Waals surface area (Å²) in [5, 5.41) is 12.2. The second-order valence-electron chi connectivity index (χ2n) is 5.81. The van der Waals surface area contributed by atoms with Crippen LogP contribution < -0.4 is 10.2 Å². The molecule has 1 heterocycles. The summed E-state index contributed by atoms with van der Waals surface area (Å²) in [5.74, 6) is -0.386. The maximum Gasteiger partial charge on any atom is 0.227 e. The smallest absolute Gasteiger partial charge is 0.227 e. The van der Waals surface area contributed by atoms with Crippen molar-refractivity contribution in [2.45, 2.75) is 32.1 Å². The van der Waals surface area contributed by atoms with Crippen molar-refractivity contribution in [3.8, 4) is 0 Å². The van der Waals surface area contributed by atoms with Gasteiger partial charge in [-0.15, -0.1) is 0 Å². The molecule has 0 radical (unpaired) electrons. The lowest BCUT2D eigenvalue weighted by Gasteiger charge is -2.16. The summed E-state index contributed by atoms with van der Waals surface area (Å²) in [5.41, 5.74) is 0.777. The molecule has 0 bridgehead atoms. The Morgan fingerprint density at radius 3 is 2.61 bits per heavy atom. The third-order valence-electron chi connectivity index (χ3n) is 4.02. The third-order valence-corrected chi connectivity index (χ3v) is 4.27. The Labute approximate surface area is 141 Å². The molecule has 0 aromatic heterocycles. The van der Waals surface area contributed by atoms with Gasteiger partial charge in [0.1, 0.15) is 0 Å². The molecule has 6 heteroatoms. The van der Waals surface area contributed by atoms with E-state index in [2.05, 4.69) is 5.32 Å². The van der Waals surface area contributed by atoms with Crippen molar-refractivity contribution >= 4 is 29.1 Å². The SMILES string of the molecule is O=C(NCCCCCCO)C1CC(=O)N(c2ccc(Cl)cc2)C1. The lowest BCUT2D eigenvalue weighted by molar-refractivity contribution is -0.126. The fraction of sp³-hybridized carbons (Fsp3) is 0.529. The summed E-state index contributed by atoms with van der Waals surface area (Å²) in [6, 6.07) is 7.07. The molecule has 0 saturated carbocycles. The fourth-order valence-electron chi connectivity index (χ4n) is 2.70. The monoisotopic (exact) mass is 338 g/mol. The summed E-state index contributed by atoms with van der Waals surface area (Å²) in [7, 11) is 0. The minimum atomic E-state index is -0.296. The molecular weight excluding hydrogens is 316 g/mol. The van der Waals surface area contributed by atoms with E-state index in [1.165, 1.54) is 0 Å². The van der Waals surface area contributed by atoms with E-state index >= 15 is 0 Å². The Balaban J connectivity index is 1.77. The number of amides is 2. The number of hydrogen-bond acceptors (Lipinski definition) is 3. The van der Waals surface area contributed by atoms with Gasteiger partial charge in [-0.2, -0.15) is 0 Å². The van der Waals surface area contributed by atoms with Gasteiger partial charge in [0.15, 0.2) is 0 Å². The van der Waals surface area contributed by atoms with E-state index in [0.29, 0.717) is 18.1 Å². The summed E-state index contributed by atoms with van der Waals surface area (Å²) >= 11 is 5.86. The van der Waals surface area contributed by atoms with E-state index in [-0.39, 0.29) is 30.8 Å². The van der Waals surface area contributed by atoms with Crippen LogP contribution >= 0.6 is 11.6 Å². The molecule has 1 saturated heterocycles. The highest BCUT2D eigenvalue weighted by atomic mass is 35.5. The predicted molar refractivity (Wildman–Crippen MR) is 90.5 cm³/mol. The van der Waals surface area contributed by atoms with Crippen molar-refractivity contribution in [3.63, 3.8) is 0 Å². The average Bonchev–Trinajstić information content (AvgIpc) is 2.93. The number of carbonyl (C=O) groups excluding carboxylic acids is 2. The van der Waals surface area contributed by atoms with Crippen LogP contribution in [0.5, 0.6) is 0 Å². The normalized spacial score (nSPS) is 17.6. The molecular formula is C17H23ClN2O3. The highest BCUT2D eigenvalue weighted by Crippen LogP contribution is 2.26. The van der Waals surface area contributed by atoms with Gasteiger partial charge in [-0.3, -0.25) is 9.59 Å². The molecule has 23 heavy (non-hydrogen) atoms. The molecule has 2 rings (SSSR count). The van der Waals surface area contributed by atoms with Crippen LogP contribution in [0.3, 0.4) is 0 Å². The average molecular weight is 339 g/mol. The maximum atomic E-state index is 12.2. The first-order valence-electron chi connectivity index (χ1n) is 8.06. The van der Waals surface area contributed by atoms with Crippen molar-refractivity contribution in [1.82, 2.24) is 5.32 Å². The summed E-state index contributed by atoms with van der Waals surface area (Å²) in [6.45, 7) is 1.25. The van der Waals surface area contributed by atoms with Gasteiger partial charge in [0.05, 0.1) is 5.92 Å². The Hall–Kier alpha value is -1.59. The number of anilines is 1. The number of rotatable bonds is 8. The number of benzene rings is 1. The third kappa shape index (κ3) is 5.22. The first-order valence-corrected chi connectivity index (χ1v) is 8.44. The largest absolute Gasteiger partial charge is 0.396 e. The summed E-state index contributed by atoms with van der Waals surface area (Å²) in [6.07, 6.45) is 3.91. The second-order valence-corrected chi connectivity index (χ2v) is 6.25. The standard InChI is InChI=1S/C17H23ClN2O3/c18-14-5-7-15(8-6-14)20-12-13(11-16(20)22)17(23)19-9-3-1-2-4-10-21/h5-8,13,21H,1-4,9-12H2,(H,19,23). The minimum absolute atomic E-state index is 0.0320. The van der Waals surface area contributed by atoms with E-state index in [9.17, 15) is 9.59 Å². The topological polar surface area (TPSA) is 69.6 Å². The van der Waals surface area contributed by atoms with E-state index in [0.717, 1.165) is 31.4 Å². The van der Waals surface area contributed by atoms with Gasteiger partial charge in [0, 0.05) is 36.8 Å². The van der Waals surface area contributed by atoms with Crippen molar-refractivity contribution in [2.75, 3.05) is 24.6 Å². The van der Waals surface area contributed by atoms with Crippen LogP contribution in [-0.4, -0.2) is 36.6 Å². The molecule has 1 aliphatic heterocycles. The van der Waals surface area contributed by atoms with Gasteiger partial charge < -0.3 is 15.3 Å². The molecule has 0 aliphatic carbocycles. The lowest BCUT2D eigenvalue weighted by atomic mass is 10.1. The van der Waals surface area contributed by atoms with Crippen molar-refractivity contribution in [3.05, 3.63) is 29.3 Å². The number of carbonyl (C=O) groups is 2. The number of aliphatic hydroxyl groups is 1. The van der Waals surface area contributed by atoms with E-state index < -0.39 is 0 Å². The molecule has 1 aliphatic rings. The van der Waals surface area contributed by atoms with Crippen LogP contribution in [-0.2, 0) is 9.59 Å². The summed E-state index contributed by atoms with van der Waals surface area (Å²) in [4.78, 5) is 25.9. The quantitative estimate of drug-likeness (QED) is 0.715. The minimum Gasteiger partial charge on any atom is -0.396 e. The molecule has 1 aromatic carbocycles. The Kier molecular flexibility index (Phi) is 6.86. The number of nitrogens with zero attached hydrogens (tertiary/aromatic N) is 1. The Morgan fingerprint density at radius 2 is 1.91 bits per heavy atom. The molecule has 126 valence electrons. The van der Waals surface area contributed by atoms with Gasteiger partial charge in [-0.1, -0.05) is 24.4 Å². The molecule has 0 spiro atoms. The predicted octanol–water partition coefficient (Wildman–Crippen LogP) is 2.36. The van der Waals surface area contributed by atoms with Gasteiger partial charge in [0.2, 0.25) is 11.8 Å². The van der Waals surface area contributed by atoms with Gasteiger partial charge in [-0.25, -0.2) is 0 Å². The number of halogens is 1. The van der Waals surface area contributed by atoms with Crippen LogP contribution in [0.4, 0.5) is 5.69 Å². The van der Waals surface area contributed by atoms with Crippen molar-refractivity contribution < 1.29 is 14.7 Å². The molecule has 1 aromatic rings. The molecule has 1 unspecified atom stereocenters. The first kappa shape index (κ1) is 17.8. The highest BCUT2D eigenvalue weighted by molar-refractivity contribution is 6.30. The van der Waals surface area contributed by atoms with Gasteiger partial charge in [-0.05, 0) is 37.1 Å². The fourth-order valence-corrected chi connectivity index (χ4v) is 2.83. The molecule has 2 amide bonds. The van der Waals surface area contributed by atoms with Gasteiger partial charge in [0.25, 0.3) is 0 Å². The number of hydrogen-bond donors (Lipinski definition) is 2.